The Morgan fingerprint density at radius 2 is 1.50 bits per heavy atom. The molecule has 3 nitrogen and oxygen atoms in total. The van der Waals surface area contributed by atoms with Crippen LogP contribution in [0.1, 0.15) is 63.4 Å². The highest BCUT2D eigenvalue weighted by molar-refractivity contribution is 5.31. The summed E-state index contributed by atoms with van der Waals surface area (Å²) >= 11 is 0. The average molecular weight is 466 g/mol. The second-order valence-electron chi connectivity index (χ2n) is 9.26. The summed E-state index contributed by atoms with van der Waals surface area (Å²) in [5, 5.41) is 0. The summed E-state index contributed by atoms with van der Waals surface area (Å²) in [6, 6.07) is 1.54. The van der Waals surface area contributed by atoms with Crippen LogP contribution in [0.2, 0.25) is 0 Å². The molecule has 3 aliphatic rings. The first-order chi connectivity index (χ1) is 15.1. The van der Waals surface area contributed by atoms with Gasteiger partial charge in [0.2, 0.25) is 0 Å². The molecule has 0 spiro atoms. The molecule has 0 aromatic heterocycles. The van der Waals surface area contributed by atoms with Crippen LogP contribution in [0.3, 0.4) is 0 Å². The van der Waals surface area contributed by atoms with E-state index in [0.717, 1.165) is 18.9 Å². The molecule has 2 atom stereocenters. The second kappa shape index (κ2) is 9.41. The average Bonchev–Trinajstić information content (AvgIpc) is 2.68. The van der Waals surface area contributed by atoms with E-state index in [1.54, 1.807) is 0 Å². The van der Waals surface area contributed by atoms with Gasteiger partial charge in [-0.05, 0) is 74.5 Å². The van der Waals surface area contributed by atoms with E-state index in [4.69, 9.17) is 9.47 Å². The minimum absolute atomic E-state index is 0.169. The highest BCUT2D eigenvalue weighted by Gasteiger charge is 2.41. The van der Waals surface area contributed by atoms with Gasteiger partial charge in [0, 0.05) is 0 Å². The van der Waals surface area contributed by atoms with Crippen molar-refractivity contribution in [2.45, 2.75) is 82.5 Å². The van der Waals surface area contributed by atoms with Gasteiger partial charge in [0.05, 0.1) is 24.4 Å². The van der Waals surface area contributed by atoms with Crippen LogP contribution < -0.4 is 4.74 Å². The van der Waals surface area contributed by atoms with Gasteiger partial charge in [-0.2, -0.15) is 8.78 Å². The Bertz CT molecular complexity index is 763. The zero-order valence-electron chi connectivity index (χ0n) is 17.7. The van der Waals surface area contributed by atoms with Gasteiger partial charge in [-0.25, -0.2) is 4.39 Å². The topological polar surface area (TPSA) is 27.7 Å². The summed E-state index contributed by atoms with van der Waals surface area (Å²) < 4.78 is 94.1. The lowest BCUT2D eigenvalue weighted by atomic mass is 9.72. The molecule has 1 heterocycles. The molecule has 1 aromatic carbocycles. The first kappa shape index (κ1) is 23.7. The largest absolute Gasteiger partial charge is 0.573 e. The molecule has 0 amide bonds. The molecule has 1 saturated heterocycles. The smallest absolute Gasteiger partial charge is 0.403 e. The van der Waals surface area contributed by atoms with Crippen LogP contribution in [0, 0.1) is 23.6 Å². The normalized spacial score (nSPS) is 30.1. The quantitative estimate of drug-likeness (QED) is 0.425. The fourth-order valence-electron chi connectivity index (χ4n) is 5.19. The summed E-state index contributed by atoms with van der Waals surface area (Å²) in [6.45, 7) is 0.795. The molecule has 0 N–H and O–H groups in total. The number of alkyl halides is 5. The van der Waals surface area contributed by atoms with Crippen molar-refractivity contribution >= 4 is 0 Å². The molecule has 2 saturated carbocycles. The number of rotatable bonds is 6. The first-order valence-corrected chi connectivity index (χ1v) is 11.3. The van der Waals surface area contributed by atoms with E-state index >= 15 is 0 Å². The van der Waals surface area contributed by atoms with Gasteiger partial charge in [0.1, 0.15) is 0 Å². The molecule has 1 aliphatic heterocycles. The van der Waals surface area contributed by atoms with Crippen molar-refractivity contribution in [2.75, 3.05) is 6.61 Å². The van der Waals surface area contributed by atoms with E-state index in [-0.39, 0.29) is 6.10 Å². The van der Waals surface area contributed by atoms with Gasteiger partial charge in [-0.1, -0.05) is 19.3 Å². The number of hydrogen-bond donors (Lipinski definition) is 0. The van der Waals surface area contributed by atoms with Crippen molar-refractivity contribution in [3.05, 3.63) is 29.6 Å². The third-order valence-corrected chi connectivity index (χ3v) is 7.22. The lowest BCUT2D eigenvalue weighted by molar-refractivity contribution is -0.279. The lowest BCUT2D eigenvalue weighted by Crippen LogP contribution is -2.39. The summed E-state index contributed by atoms with van der Waals surface area (Å²) in [4.78, 5) is 0. The maximum Gasteiger partial charge on any atom is 0.573 e. The van der Waals surface area contributed by atoms with E-state index in [9.17, 15) is 26.3 Å². The van der Waals surface area contributed by atoms with Crippen LogP contribution in [0.5, 0.6) is 5.75 Å². The SMILES string of the molecule is Fc1cc(C(F)(F)OC2CCC(C3CCC(C4CCC4)CO3)CC2)ccc1OC(F)(F)F. The second-order valence-corrected chi connectivity index (χ2v) is 9.26. The highest BCUT2D eigenvalue weighted by atomic mass is 19.4. The van der Waals surface area contributed by atoms with Crippen molar-refractivity contribution in [1.29, 1.82) is 0 Å². The minimum atomic E-state index is -5.11. The Balaban J connectivity index is 1.26. The van der Waals surface area contributed by atoms with Crippen molar-refractivity contribution < 1.29 is 40.6 Å². The molecule has 4 rings (SSSR count). The molecule has 32 heavy (non-hydrogen) atoms. The first-order valence-electron chi connectivity index (χ1n) is 11.3. The Kier molecular flexibility index (Phi) is 6.96. The Morgan fingerprint density at radius 1 is 0.812 bits per heavy atom. The van der Waals surface area contributed by atoms with Crippen molar-refractivity contribution in [1.82, 2.24) is 0 Å². The molecule has 2 unspecified atom stereocenters. The fourth-order valence-corrected chi connectivity index (χ4v) is 5.19. The molecule has 0 bridgehead atoms. The predicted octanol–water partition coefficient (Wildman–Crippen LogP) is 6.94. The monoisotopic (exact) mass is 466 g/mol. The molecule has 2 aliphatic carbocycles. The van der Waals surface area contributed by atoms with E-state index in [1.165, 1.54) is 25.7 Å². The molecule has 9 heteroatoms. The molecule has 1 aromatic rings. The summed E-state index contributed by atoms with van der Waals surface area (Å²) in [7, 11) is 0. The number of halogens is 6. The number of hydrogen-bond acceptors (Lipinski definition) is 3. The number of ether oxygens (including phenoxy) is 3. The van der Waals surface area contributed by atoms with E-state index in [2.05, 4.69) is 4.74 Å². The van der Waals surface area contributed by atoms with E-state index < -0.39 is 35.7 Å². The van der Waals surface area contributed by atoms with Crippen molar-refractivity contribution in [2.24, 2.45) is 17.8 Å². The van der Waals surface area contributed by atoms with Crippen LogP contribution >= 0.6 is 0 Å². The molecular formula is C23H28F6O3. The maximum absolute atomic E-state index is 14.5. The minimum Gasteiger partial charge on any atom is -0.403 e. The van der Waals surface area contributed by atoms with Crippen LogP contribution in [-0.4, -0.2) is 25.2 Å². The van der Waals surface area contributed by atoms with Gasteiger partial charge in [0.25, 0.3) is 0 Å². The lowest BCUT2D eigenvalue weighted by Gasteiger charge is -2.42. The van der Waals surface area contributed by atoms with Gasteiger partial charge in [-0.3, -0.25) is 0 Å². The zero-order valence-corrected chi connectivity index (χ0v) is 17.7. The van der Waals surface area contributed by atoms with Crippen LogP contribution in [0.25, 0.3) is 0 Å². The van der Waals surface area contributed by atoms with Crippen molar-refractivity contribution in [3.8, 4) is 5.75 Å². The van der Waals surface area contributed by atoms with Gasteiger partial charge >= 0.3 is 12.5 Å². The van der Waals surface area contributed by atoms with Crippen LogP contribution in [0.15, 0.2) is 18.2 Å². The Morgan fingerprint density at radius 3 is 2.03 bits per heavy atom. The number of benzene rings is 1. The summed E-state index contributed by atoms with van der Waals surface area (Å²) in [5.41, 5.74) is -0.843. The van der Waals surface area contributed by atoms with E-state index in [1.807, 2.05) is 0 Å². The third kappa shape index (κ3) is 5.71. The summed E-state index contributed by atoms with van der Waals surface area (Å²) in [6.07, 6.45) is -1.06. The predicted molar refractivity (Wildman–Crippen MR) is 104 cm³/mol. The van der Waals surface area contributed by atoms with Crippen molar-refractivity contribution in [3.63, 3.8) is 0 Å². The van der Waals surface area contributed by atoms with Crippen LogP contribution in [-0.2, 0) is 15.6 Å². The van der Waals surface area contributed by atoms with Gasteiger partial charge in [-0.15, -0.1) is 13.2 Å². The molecule has 0 radical (unpaired) electrons. The highest BCUT2D eigenvalue weighted by Crippen LogP contribution is 2.42. The maximum atomic E-state index is 14.5. The summed E-state index contributed by atoms with van der Waals surface area (Å²) in [5.74, 6) is -0.902. The van der Waals surface area contributed by atoms with Crippen LogP contribution in [0.4, 0.5) is 26.3 Å². The molecule has 3 fully saturated rings. The standard InChI is InChI=1S/C23H28F6O3/c24-19-12-17(7-11-21(19)32-23(27,28)29)22(25,26)31-18-8-4-15(5-9-18)20-10-6-16(13-30-20)14-2-1-3-14/h7,11-12,14-16,18,20H,1-6,8-10,13H2. The Hall–Kier alpha value is -1.48. The third-order valence-electron chi connectivity index (χ3n) is 7.22. The Labute approximate surface area is 183 Å². The van der Waals surface area contributed by atoms with Gasteiger partial charge in [0.15, 0.2) is 11.6 Å². The van der Waals surface area contributed by atoms with E-state index in [0.29, 0.717) is 55.7 Å². The zero-order chi connectivity index (χ0) is 22.9. The molecular weight excluding hydrogens is 438 g/mol. The fraction of sp³-hybridized carbons (Fsp3) is 0.739. The van der Waals surface area contributed by atoms with Gasteiger partial charge < -0.3 is 14.2 Å². The molecule has 180 valence electrons.